The maximum absolute atomic E-state index is 11.1. The van der Waals surface area contributed by atoms with Gasteiger partial charge < -0.3 is 21.7 Å². The van der Waals surface area contributed by atoms with Gasteiger partial charge in [-0.2, -0.15) is 0 Å². The van der Waals surface area contributed by atoms with Crippen molar-refractivity contribution in [3.05, 3.63) is 5.73 Å². The third-order valence-electron chi connectivity index (χ3n) is 4.39. The summed E-state index contributed by atoms with van der Waals surface area (Å²) in [6.07, 6.45) is 3.18. The first-order valence-electron chi connectivity index (χ1n) is 7.31. The van der Waals surface area contributed by atoms with Gasteiger partial charge in [0.1, 0.15) is 0 Å². The molecule has 5 N–H and O–H groups in total. The predicted molar refractivity (Wildman–Crippen MR) is 74.6 cm³/mol. The molecule has 1 radical (unpaired) electrons. The zero-order valence-electron chi connectivity index (χ0n) is 12.5. The molecule has 0 bridgehead atoms. The Hall–Kier alpha value is 0.792. The van der Waals surface area contributed by atoms with Gasteiger partial charge in [-0.25, -0.2) is 0 Å². The Balaban J connectivity index is 0.00000361. The molecule has 6 heteroatoms. The van der Waals surface area contributed by atoms with Crippen LogP contribution in [0.1, 0.15) is 46.0 Å². The van der Waals surface area contributed by atoms with Crippen LogP contribution in [0, 0.1) is 61.8 Å². The average molecular weight is 498 g/mol. The first kappa shape index (κ1) is 20.8. The van der Waals surface area contributed by atoms with E-state index in [9.17, 15) is 9.90 Å². The van der Waals surface area contributed by atoms with E-state index in [2.05, 4.69) is 13.8 Å². The molecule has 5 atom stereocenters. The Kier molecular flexibility index (Phi) is 10.1. The number of hydrogen-bond acceptors (Lipinski definition) is 3. The van der Waals surface area contributed by atoms with Crippen molar-refractivity contribution in [1.29, 1.82) is 0 Å². The van der Waals surface area contributed by atoms with Crippen LogP contribution < -0.4 is 5.73 Å². The van der Waals surface area contributed by atoms with Crippen molar-refractivity contribution in [2.24, 2.45) is 23.5 Å². The van der Waals surface area contributed by atoms with E-state index >= 15 is 0 Å². The minimum absolute atomic E-state index is 0. The number of carbonyl (C=O) groups is 1. The minimum Gasteiger partial charge on any atom is -0.674 e. The Labute approximate surface area is 157 Å². The molecular weight excluding hydrogens is 471 g/mol. The van der Waals surface area contributed by atoms with Gasteiger partial charge in [0.15, 0.2) is 0 Å². The number of aliphatic carboxylic acids is 1. The Bertz CT molecular complexity index is 298. The first-order chi connectivity index (χ1) is 8.93. The molecule has 0 amide bonds. The van der Waals surface area contributed by atoms with E-state index in [0.29, 0.717) is 0 Å². The van der Waals surface area contributed by atoms with Crippen molar-refractivity contribution in [2.45, 2.75) is 64.1 Å². The molecule has 20 heavy (non-hydrogen) atoms. The van der Waals surface area contributed by atoms with Crippen LogP contribution in [0.15, 0.2) is 0 Å². The van der Waals surface area contributed by atoms with Crippen LogP contribution in [-0.4, -0.2) is 34.4 Å². The molecule has 5 nitrogen and oxygen atoms in total. The molecule has 1 aliphatic rings. The summed E-state index contributed by atoms with van der Waals surface area (Å²) in [4.78, 5) is 11.1. The number of aliphatic hydroxyl groups is 1. The molecule has 1 fully saturated rings. The number of carboxylic acid groups (broad SMARTS) is 1. The van der Waals surface area contributed by atoms with Gasteiger partial charge in [0.25, 0.3) is 0 Å². The van der Waals surface area contributed by atoms with Crippen LogP contribution in [0.2, 0.25) is 0 Å². The number of nitrogens with one attached hydrogen (secondary N) is 1. The molecule has 1 aliphatic carbocycles. The zero-order valence-corrected chi connectivity index (χ0v) is 17.2. The third-order valence-corrected chi connectivity index (χ3v) is 4.39. The van der Waals surface area contributed by atoms with Gasteiger partial charge in [-0.1, -0.05) is 45.4 Å². The normalized spacial score (nSPS) is 31.1. The summed E-state index contributed by atoms with van der Waals surface area (Å²) in [5.74, 6) is -2.02. The molecule has 1 saturated carbocycles. The van der Waals surface area contributed by atoms with Crippen LogP contribution in [0.3, 0.4) is 0 Å². The SMILES string of the molecule is CCCC(CCC)C([NH-])C1C(N)CC(C(=O)O)C1O.[Ac]. The maximum atomic E-state index is 11.1. The first-order valence-corrected chi connectivity index (χ1v) is 7.31. The largest absolute Gasteiger partial charge is 0.674 e. The quantitative estimate of drug-likeness (QED) is 0.500. The molecule has 0 aliphatic heterocycles. The van der Waals surface area contributed by atoms with Gasteiger partial charge in [0, 0.05) is 50.1 Å². The van der Waals surface area contributed by atoms with Crippen LogP contribution in [0.4, 0.5) is 0 Å². The summed E-state index contributed by atoms with van der Waals surface area (Å²) in [6.45, 7) is 4.17. The topological polar surface area (TPSA) is 107 Å². The van der Waals surface area contributed by atoms with Crippen molar-refractivity contribution in [1.82, 2.24) is 0 Å². The molecule has 0 spiro atoms. The molecular formula is C14H27AcN2O3-. The number of aliphatic hydroxyl groups excluding tert-OH is 1. The molecule has 0 saturated heterocycles. The molecule has 0 aromatic carbocycles. The molecule has 0 aromatic rings. The Morgan fingerprint density at radius 3 is 2.20 bits per heavy atom. The number of nitrogens with two attached hydrogens (primary N) is 1. The molecule has 1 rings (SSSR count). The van der Waals surface area contributed by atoms with E-state index in [1.165, 1.54) is 0 Å². The van der Waals surface area contributed by atoms with Crippen LogP contribution in [-0.2, 0) is 4.79 Å². The fourth-order valence-corrected chi connectivity index (χ4v) is 3.40. The van der Waals surface area contributed by atoms with Crippen LogP contribution in [0.25, 0.3) is 5.73 Å². The van der Waals surface area contributed by atoms with Gasteiger partial charge in [-0.3, -0.25) is 4.79 Å². The van der Waals surface area contributed by atoms with Gasteiger partial charge in [0.05, 0.1) is 12.0 Å². The van der Waals surface area contributed by atoms with E-state index in [-0.39, 0.29) is 62.4 Å². The van der Waals surface area contributed by atoms with Gasteiger partial charge >= 0.3 is 5.97 Å². The predicted octanol–water partition coefficient (Wildman–Crippen LogP) is 2.03. The molecule has 0 heterocycles. The van der Waals surface area contributed by atoms with E-state index in [0.717, 1.165) is 25.7 Å². The Morgan fingerprint density at radius 1 is 1.35 bits per heavy atom. The summed E-state index contributed by atoms with van der Waals surface area (Å²) in [6, 6.07) is -0.843. The monoisotopic (exact) mass is 498 g/mol. The smallest absolute Gasteiger partial charge is 0.309 e. The maximum Gasteiger partial charge on any atom is 0.309 e. The molecule has 0 aromatic heterocycles. The number of hydrogen-bond donors (Lipinski definition) is 3. The van der Waals surface area contributed by atoms with Gasteiger partial charge in [0.2, 0.25) is 0 Å². The minimum atomic E-state index is -1.000. The Morgan fingerprint density at radius 2 is 1.85 bits per heavy atom. The second-order valence-corrected chi connectivity index (χ2v) is 5.78. The second kappa shape index (κ2) is 9.74. The zero-order chi connectivity index (χ0) is 14.6. The van der Waals surface area contributed by atoms with Gasteiger partial charge in [-0.05, 0) is 12.3 Å². The van der Waals surface area contributed by atoms with Crippen LogP contribution in [0.5, 0.6) is 0 Å². The number of rotatable bonds is 7. The summed E-state index contributed by atoms with van der Waals surface area (Å²) in [5, 5.41) is 19.2. The average Bonchev–Trinajstić information content (AvgIpc) is 2.64. The third kappa shape index (κ3) is 4.91. The summed E-state index contributed by atoms with van der Waals surface area (Å²) < 4.78 is 0. The van der Waals surface area contributed by atoms with Crippen molar-refractivity contribution in [2.75, 3.05) is 0 Å². The van der Waals surface area contributed by atoms with Crippen molar-refractivity contribution < 1.29 is 59.1 Å². The summed E-state index contributed by atoms with van der Waals surface area (Å²) in [7, 11) is 0. The molecule has 115 valence electrons. The van der Waals surface area contributed by atoms with Crippen molar-refractivity contribution >= 4 is 5.97 Å². The fourth-order valence-electron chi connectivity index (χ4n) is 3.40. The molecule has 5 unspecified atom stereocenters. The van der Waals surface area contributed by atoms with Crippen molar-refractivity contribution in [3.8, 4) is 0 Å². The second-order valence-electron chi connectivity index (χ2n) is 5.78. The van der Waals surface area contributed by atoms with E-state index in [1.54, 1.807) is 0 Å². The van der Waals surface area contributed by atoms with Gasteiger partial charge in [-0.15, -0.1) is 6.04 Å². The summed E-state index contributed by atoms with van der Waals surface area (Å²) >= 11 is 0. The standard InChI is InChI=1S/C14H27N2O3.Ac/c1-3-5-8(6-4-2)12(16)11-10(15)7-9(13(11)17)14(18)19;/h8-13,16-17H,3-7,15H2,1-2H3,(H,18,19);/q-1;. The number of carboxylic acids is 1. The van der Waals surface area contributed by atoms with E-state index < -0.39 is 30.0 Å². The van der Waals surface area contributed by atoms with Crippen molar-refractivity contribution in [3.63, 3.8) is 0 Å². The van der Waals surface area contributed by atoms with E-state index in [4.69, 9.17) is 16.6 Å². The van der Waals surface area contributed by atoms with Crippen LogP contribution >= 0.6 is 0 Å². The summed E-state index contributed by atoms with van der Waals surface area (Å²) in [5.41, 5.74) is 14.4. The fraction of sp³-hybridized carbons (Fsp3) is 0.929. The van der Waals surface area contributed by atoms with E-state index in [1.807, 2.05) is 0 Å².